The Morgan fingerprint density at radius 3 is 2.47 bits per heavy atom. The quantitative estimate of drug-likeness (QED) is 0.872. The highest BCUT2D eigenvalue weighted by Gasteiger charge is 2.42. The van der Waals surface area contributed by atoms with E-state index in [1.807, 2.05) is 13.0 Å². The van der Waals surface area contributed by atoms with Gasteiger partial charge in [0.2, 0.25) is 0 Å². The molecule has 0 bridgehead atoms. The molecule has 1 N–H and O–H groups in total. The fraction of sp³-hybridized carbons (Fsp3) is 0.667. The normalized spacial score (nSPS) is 35.2. The maximum atomic E-state index is 10.5. The van der Waals surface area contributed by atoms with Crippen molar-refractivity contribution in [3.63, 3.8) is 0 Å². The third-order valence-electron chi connectivity index (χ3n) is 3.64. The number of hydrogen-bond acceptors (Lipinski definition) is 3. The van der Waals surface area contributed by atoms with Crippen LogP contribution in [0.15, 0.2) is 10.5 Å². The molecule has 1 aliphatic rings. The van der Waals surface area contributed by atoms with E-state index in [0.717, 1.165) is 9.35 Å². The van der Waals surface area contributed by atoms with Crippen LogP contribution < -0.4 is 0 Å². The zero-order valence-electron chi connectivity index (χ0n) is 9.98. The molecule has 0 radical (unpaired) electrons. The Balaban J connectivity index is 2.22. The summed E-state index contributed by atoms with van der Waals surface area (Å²) >= 11 is 10.8. The molecular weight excluding hydrogens is 324 g/mol. The van der Waals surface area contributed by atoms with Gasteiger partial charge in [0.05, 0.1) is 18.3 Å². The molecule has 96 valence electrons. The van der Waals surface area contributed by atoms with Crippen LogP contribution in [0.25, 0.3) is 0 Å². The molecule has 0 aromatic carbocycles. The van der Waals surface area contributed by atoms with Crippen molar-refractivity contribution in [2.75, 3.05) is 0 Å². The third kappa shape index (κ3) is 2.56. The van der Waals surface area contributed by atoms with Crippen LogP contribution in [0.5, 0.6) is 0 Å². The van der Waals surface area contributed by atoms with Crippen LogP contribution in [-0.2, 0) is 4.74 Å². The van der Waals surface area contributed by atoms with Crippen LogP contribution in [-0.4, -0.2) is 17.3 Å². The second-order valence-electron chi connectivity index (χ2n) is 4.70. The summed E-state index contributed by atoms with van der Waals surface area (Å²) in [6, 6.07) is 1.90. The molecule has 0 amide bonds. The van der Waals surface area contributed by atoms with E-state index in [1.165, 1.54) is 11.3 Å². The Labute approximate surface area is 119 Å². The predicted molar refractivity (Wildman–Crippen MR) is 74.7 cm³/mol. The lowest BCUT2D eigenvalue weighted by Gasteiger charge is -2.23. The minimum absolute atomic E-state index is 0.0784. The van der Waals surface area contributed by atoms with E-state index in [4.69, 9.17) is 16.3 Å². The Hall–Kier alpha value is 0.390. The van der Waals surface area contributed by atoms with E-state index in [0.29, 0.717) is 10.3 Å². The number of rotatable bonds is 2. The van der Waals surface area contributed by atoms with Crippen molar-refractivity contribution in [1.82, 2.24) is 0 Å². The molecule has 0 aliphatic carbocycles. The summed E-state index contributed by atoms with van der Waals surface area (Å²) in [6.45, 7) is 6.22. The monoisotopic (exact) mass is 338 g/mol. The molecule has 5 unspecified atom stereocenters. The van der Waals surface area contributed by atoms with Gasteiger partial charge in [0.15, 0.2) is 0 Å². The van der Waals surface area contributed by atoms with E-state index >= 15 is 0 Å². The lowest BCUT2D eigenvalue weighted by Crippen LogP contribution is -2.24. The molecule has 1 aromatic rings. The SMILES string of the molecule is CC1OC(C)C(C(O)c2cc(Br)c(Cl)s2)C1C. The second kappa shape index (κ2) is 5.17. The zero-order chi connectivity index (χ0) is 12.7. The summed E-state index contributed by atoms with van der Waals surface area (Å²) in [4.78, 5) is 0.906. The minimum atomic E-state index is -0.501. The number of hydrogen-bond donors (Lipinski definition) is 1. The van der Waals surface area contributed by atoms with Gasteiger partial charge in [-0.3, -0.25) is 0 Å². The number of halogens is 2. The van der Waals surface area contributed by atoms with Crippen LogP contribution in [0, 0.1) is 11.8 Å². The van der Waals surface area contributed by atoms with Crippen LogP contribution in [0.4, 0.5) is 0 Å². The van der Waals surface area contributed by atoms with Crippen LogP contribution in [0.3, 0.4) is 0 Å². The van der Waals surface area contributed by atoms with Gasteiger partial charge in [0, 0.05) is 15.3 Å². The summed E-state index contributed by atoms with van der Waals surface area (Å²) in [5.74, 6) is 0.478. The summed E-state index contributed by atoms with van der Waals surface area (Å²) in [6.07, 6.45) is -0.225. The van der Waals surface area contributed by atoms with Gasteiger partial charge in [-0.25, -0.2) is 0 Å². The van der Waals surface area contributed by atoms with Crippen molar-refractivity contribution < 1.29 is 9.84 Å². The predicted octanol–water partition coefficient (Wildman–Crippen LogP) is 4.26. The lowest BCUT2D eigenvalue weighted by molar-refractivity contribution is 0.0242. The molecule has 1 aliphatic heterocycles. The largest absolute Gasteiger partial charge is 0.387 e. The molecular formula is C12H16BrClO2S. The second-order valence-corrected chi connectivity index (χ2v) is 7.24. The molecule has 1 saturated heterocycles. The average molecular weight is 340 g/mol. The van der Waals surface area contributed by atoms with Crippen LogP contribution in [0.2, 0.25) is 4.34 Å². The van der Waals surface area contributed by atoms with E-state index in [-0.39, 0.29) is 18.1 Å². The summed E-state index contributed by atoms with van der Waals surface area (Å²) in [7, 11) is 0. The highest BCUT2D eigenvalue weighted by atomic mass is 79.9. The van der Waals surface area contributed by atoms with Gasteiger partial charge >= 0.3 is 0 Å². The molecule has 2 nitrogen and oxygen atoms in total. The Morgan fingerprint density at radius 2 is 2.06 bits per heavy atom. The lowest BCUT2D eigenvalue weighted by atomic mass is 9.84. The van der Waals surface area contributed by atoms with E-state index < -0.39 is 6.10 Å². The first kappa shape index (κ1) is 13.8. The van der Waals surface area contributed by atoms with Crippen molar-refractivity contribution in [3.05, 3.63) is 19.8 Å². The maximum absolute atomic E-state index is 10.5. The fourth-order valence-corrected chi connectivity index (χ4v) is 4.32. The molecule has 1 aromatic heterocycles. The molecule has 2 heterocycles. The Morgan fingerprint density at radius 1 is 1.41 bits per heavy atom. The van der Waals surface area contributed by atoms with E-state index in [2.05, 4.69) is 29.8 Å². The van der Waals surface area contributed by atoms with E-state index in [9.17, 15) is 5.11 Å². The summed E-state index contributed by atoms with van der Waals surface area (Å²) in [5, 5.41) is 10.5. The molecule has 2 rings (SSSR count). The van der Waals surface area contributed by atoms with Gasteiger partial charge in [-0.1, -0.05) is 18.5 Å². The molecule has 5 heteroatoms. The first-order valence-corrected chi connectivity index (χ1v) is 7.68. The molecule has 5 atom stereocenters. The van der Waals surface area contributed by atoms with Gasteiger partial charge < -0.3 is 9.84 Å². The first-order chi connectivity index (χ1) is 7.91. The van der Waals surface area contributed by atoms with Crippen molar-refractivity contribution in [2.45, 2.75) is 39.1 Å². The molecule has 1 fully saturated rings. The third-order valence-corrected chi connectivity index (χ3v) is 6.18. The number of aliphatic hydroxyl groups is 1. The van der Waals surface area contributed by atoms with E-state index in [1.54, 1.807) is 0 Å². The Bertz CT molecular complexity index is 390. The molecule has 0 spiro atoms. The number of aliphatic hydroxyl groups excluding tert-OH is 1. The average Bonchev–Trinajstić information content (AvgIpc) is 2.70. The summed E-state index contributed by atoms with van der Waals surface area (Å²) in [5.41, 5.74) is 0. The first-order valence-electron chi connectivity index (χ1n) is 5.70. The standard InChI is InChI=1S/C12H16BrClO2S/c1-5-6(2)16-7(3)10(5)11(15)9-4-8(13)12(14)17-9/h4-7,10-11,15H,1-3H3. The van der Waals surface area contributed by atoms with Gasteiger partial charge in [0.1, 0.15) is 4.34 Å². The topological polar surface area (TPSA) is 29.5 Å². The number of thiophene rings is 1. The van der Waals surface area contributed by atoms with Gasteiger partial charge in [-0.05, 0) is 41.8 Å². The minimum Gasteiger partial charge on any atom is -0.387 e. The van der Waals surface area contributed by atoms with Crippen molar-refractivity contribution in [1.29, 1.82) is 0 Å². The van der Waals surface area contributed by atoms with Crippen molar-refractivity contribution in [3.8, 4) is 0 Å². The highest BCUT2D eigenvalue weighted by molar-refractivity contribution is 9.10. The highest BCUT2D eigenvalue weighted by Crippen LogP contribution is 2.44. The van der Waals surface area contributed by atoms with Gasteiger partial charge in [0.25, 0.3) is 0 Å². The van der Waals surface area contributed by atoms with Gasteiger partial charge in [-0.15, -0.1) is 11.3 Å². The van der Waals surface area contributed by atoms with Crippen molar-refractivity contribution in [2.24, 2.45) is 11.8 Å². The van der Waals surface area contributed by atoms with Crippen LogP contribution >= 0.6 is 38.9 Å². The molecule has 0 saturated carbocycles. The fourth-order valence-electron chi connectivity index (χ4n) is 2.54. The zero-order valence-corrected chi connectivity index (χ0v) is 13.1. The number of ether oxygens (including phenoxy) is 1. The van der Waals surface area contributed by atoms with Crippen molar-refractivity contribution >= 4 is 38.9 Å². The molecule has 17 heavy (non-hydrogen) atoms. The summed E-state index contributed by atoms with van der Waals surface area (Å²) < 4.78 is 7.30. The van der Waals surface area contributed by atoms with Crippen LogP contribution in [0.1, 0.15) is 31.8 Å². The maximum Gasteiger partial charge on any atom is 0.107 e. The Kier molecular flexibility index (Phi) is 4.20. The van der Waals surface area contributed by atoms with Gasteiger partial charge in [-0.2, -0.15) is 0 Å². The smallest absolute Gasteiger partial charge is 0.107 e.